The van der Waals surface area contributed by atoms with Crippen LogP contribution < -0.4 is 5.73 Å². The largest absolute Gasteiger partial charge is 0.383 e. The molecule has 0 unspecified atom stereocenters. The molecule has 0 saturated heterocycles. The van der Waals surface area contributed by atoms with Gasteiger partial charge in [0.1, 0.15) is 5.82 Å². The van der Waals surface area contributed by atoms with Crippen molar-refractivity contribution in [3.05, 3.63) is 42.2 Å². The Kier molecular flexibility index (Phi) is 2.08. The lowest BCUT2D eigenvalue weighted by Gasteiger charge is -2.04. The number of anilines is 1. The molecule has 0 atom stereocenters. The van der Waals surface area contributed by atoms with Gasteiger partial charge in [-0.3, -0.25) is 5.10 Å². The van der Waals surface area contributed by atoms with Crippen LogP contribution in [0, 0.1) is 6.92 Å². The van der Waals surface area contributed by atoms with Gasteiger partial charge in [-0.1, -0.05) is 6.07 Å². The highest BCUT2D eigenvalue weighted by molar-refractivity contribution is 5.84. The summed E-state index contributed by atoms with van der Waals surface area (Å²) in [5.41, 5.74) is 9.94. The van der Waals surface area contributed by atoms with Crippen LogP contribution in [0.1, 0.15) is 5.56 Å². The molecule has 3 aromatic rings. The van der Waals surface area contributed by atoms with Crippen molar-refractivity contribution in [3.8, 4) is 11.1 Å². The molecule has 1 aromatic carbocycles. The van der Waals surface area contributed by atoms with Crippen LogP contribution in [0.3, 0.4) is 0 Å². The van der Waals surface area contributed by atoms with E-state index < -0.39 is 0 Å². The first-order valence-corrected chi connectivity index (χ1v) is 5.40. The third kappa shape index (κ3) is 1.63. The summed E-state index contributed by atoms with van der Waals surface area (Å²) in [5.74, 6) is 0.582. The summed E-state index contributed by atoms with van der Waals surface area (Å²) in [7, 11) is 0. The number of nitrogen functional groups attached to an aromatic ring is 1. The number of fused-ring (bicyclic) bond motifs is 1. The Bertz CT molecular complexity index is 685. The molecule has 0 amide bonds. The third-order valence-corrected chi connectivity index (χ3v) is 2.89. The molecule has 4 heteroatoms. The number of benzene rings is 1. The average Bonchev–Trinajstić information content (AvgIpc) is 2.79. The number of pyridine rings is 1. The Balaban J connectivity index is 2.16. The van der Waals surface area contributed by atoms with Crippen molar-refractivity contribution < 1.29 is 0 Å². The van der Waals surface area contributed by atoms with E-state index in [1.54, 1.807) is 6.20 Å². The maximum absolute atomic E-state index is 5.71. The van der Waals surface area contributed by atoms with E-state index in [-0.39, 0.29) is 0 Å². The molecule has 3 rings (SSSR count). The minimum Gasteiger partial charge on any atom is -0.383 e. The molecule has 0 aliphatic rings. The lowest BCUT2D eigenvalue weighted by Crippen LogP contribution is -1.93. The van der Waals surface area contributed by atoms with Gasteiger partial charge >= 0.3 is 0 Å². The number of hydrogen-bond donors (Lipinski definition) is 2. The van der Waals surface area contributed by atoms with Crippen molar-refractivity contribution in [1.29, 1.82) is 0 Å². The zero-order chi connectivity index (χ0) is 11.8. The van der Waals surface area contributed by atoms with E-state index in [0.717, 1.165) is 27.6 Å². The first kappa shape index (κ1) is 9.84. The van der Waals surface area contributed by atoms with Crippen LogP contribution in [-0.2, 0) is 0 Å². The highest BCUT2D eigenvalue weighted by Crippen LogP contribution is 2.24. The fourth-order valence-corrected chi connectivity index (χ4v) is 1.87. The highest BCUT2D eigenvalue weighted by atomic mass is 15.1. The van der Waals surface area contributed by atoms with Crippen molar-refractivity contribution >= 4 is 16.7 Å². The third-order valence-electron chi connectivity index (χ3n) is 2.89. The Morgan fingerprint density at radius 1 is 1.12 bits per heavy atom. The Hall–Kier alpha value is -2.36. The zero-order valence-electron chi connectivity index (χ0n) is 9.44. The van der Waals surface area contributed by atoms with E-state index in [4.69, 9.17) is 5.73 Å². The van der Waals surface area contributed by atoms with Gasteiger partial charge in [-0.2, -0.15) is 5.10 Å². The molecule has 0 aliphatic carbocycles. The summed E-state index contributed by atoms with van der Waals surface area (Å²) in [4.78, 5) is 4.18. The maximum Gasteiger partial charge on any atom is 0.126 e. The van der Waals surface area contributed by atoms with Crippen molar-refractivity contribution in [1.82, 2.24) is 15.2 Å². The molecule has 4 nitrogen and oxygen atoms in total. The van der Waals surface area contributed by atoms with Crippen LogP contribution in [0.15, 0.2) is 36.7 Å². The van der Waals surface area contributed by atoms with E-state index in [1.165, 1.54) is 0 Å². The number of aryl methyl sites for hydroxylation is 1. The van der Waals surface area contributed by atoms with Crippen molar-refractivity contribution in [2.75, 3.05) is 5.73 Å². The fraction of sp³-hybridized carbons (Fsp3) is 0.0769. The summed E-state index contributed by atoms with van der Waals surface area (Å²) < 4.78 is 0. The van der Waals surface area contributed by atoms with Gasteiger partial charge in [0.05, 0.1) is 11.7 Å². The lowest BCUT2D eigenvalue weighted by molar-refractivity contribution is 1.12. The standard InChI is InChI=1S/C13H12N4/c1-8-4-10(6-15-13(8)14)9-2-3-12-11(5-9)7-16-17-12/h2-7H,1H3,(H2,14,15)(H,16,17). The monoisotopic (exact) mass is 224 g/mol. The number of nitrogens with one attached hydrogen (secondary N) is 1. The Labute approximate surface area is 98.5 Å². The van der Waals surface area contributed by atoms with Gasteiger partial charge in [0.2, 0.25) is 0 Å². The molecule has 2 heterocycles. The molecule has 2 aromatic heterocycles. The molecule has 0 aliphatic heterocycles. The number of H-pyrrole nitrogens is 1. The molecular weight excluding hydrogens is 212 g/mol. The number of aromatic nitrogens is 3. The van der Waals surface area contributed by atoms with Crippen LogP contribution in [0.4, 0.5) is 5.82 Å². The second-order valence-electron chi connectivity index (χ2n) is 4.10. The molecule has 3 N–H and O–H groups in total. The summed E-state index contributed by atoms with van der Waals surface area (Å²) in [5, 5.41) is 8.03. The summed E-state index contributed by atoms with van der Waals surface area (Å²) >= 11 is 0. The number of nitrogens with two attached hydrogens (primary N) is 1. The van der Waals surface area contributed by atoms with E-state index in [9.17, 15) is 0 Å². The number of aromatic amines is 1. The minimum atomic E-state index is 0.582. The van der Waals surface area contributed by atoms with Gasteiger partial charge in [-0.15, -0.1) is 0 Å². The first-order valence-electron chi connectivity index (χ1n) is 5.40. The quantitative estimate of drug-likeness (QED) is 0.667. The van der Waals surface area contributed by atoms with Gasteiger partial charge in [0.25, 0.3) is 0 Å². The molecule has 0 bridgehead atoms. The highest BCUT2D eigenvalue weighted by Gasteiger charge is 2.03. The molecule has 0 saturated carbocycles. The Morgan fingerprint density at radius 3 is 2.82 bits per heavy atom. The molecule has 0 spiro atoms. The lowest BCUT2D eigenvalue weighted by atomic mass is 10.0. The van der Waals surface area contributed by atoms with Gasteiger partial charge in [0.15, 0.2) is 0 Å². The van der Waals surface area contributed by atoms with E-state index in [2.05, 4.69) is 21.2 Å². The van der Waals surface area contributed by atoms with Crippen LogP contribution >= 0.6 is 0 Å². The second-order valence-corrected chi connectivity index (χ2v) is 4.10. The van der Waals surface area contributed by atoms with Crippen LogP contribution in [-0.4, -0.2) is 15.2 Å². The zero-order valence-corrected chi connectivity index (χ0v) is 9.44. The molecule has 0 radical (unpaired) electrons. The predicted octanol–water partition coefficient (Wildman–Crippen LogP) is 2.52. The van der Waals surface area contributed by atoms with Crippen LogP contribution in [0.2, 0.25) is 0 Å². The predicted molar refractivity (Wildman–Crippen MR) is 68.5 cm³/mol. The minimum absolute atomic E-state index is 0.582. The van der Waals surface area contributed by atoms with E-state index in [1.807, 2.05) is 31.3 Å². The molecule has 84 valence electrons. The van der Waals surface area contributed by atoms with Crippen LogP contribution in [0.5, 0.6) is 0 Å². The van der Waals surface area contributed by atoms with Gasteiger partial charge in [-0.05, 0) is 36.2 Å². The topological polar surface area (TPSA) is 67.6 Å². The molecular formula is C13H12N4. The number of rotatable bonds is 1. The smallest absolute Gasteiger partial charge is 0.126 e. The molecule has 17 heavy (non-hydrogen) atoms. The average molecular weight is 224 g/mol. The second kappa shape index (κ2) is 3.59. The van der Waals surface area contributed by atoms with Gasteiger partial charge in [0, 0.05) is 17.1 Å². The summed E-state index contributed by atoms with van der Waals surface area (Å²) in [6, 6.07) is 8.20. The SMILES string of the molecule is Cc1cc(-c2ccc3[nH]ncc3c2)cnc1N. The first-order chi connectivity index (χ1) is 8.24. The number of nitrogens with zero attached hydrogens (tertiary/aromatic N) is 2. The fourth-order valence-electron chi connectivity index (χ4n) is 1.87. The van der Waals surface area contributed by atoms with Crippen molar-refractivity contribution in [2.45, 2.75) is 6.92 Å². The normalized spacial score (nSPS) is 10.9. The van der Waals surface area contributed by atoms with Crippen LogP contribution in [0.25, 0.3) is 22.0 Å². The summed E-state index contributed by atoms with van der Waals surface area (Å²) in [6.07, 6.45) is 3.61. The molecule has 0 fully saturated rings. The van der Waals surface area contributed by atoms with E-state index >= 15 is 0 Å². The Morgan fingerprint density at radius 2 is 2.00 bits per heavy atom. The van der Waals surface area contributed by atoms with Gasteiger partial charge in [-0.25, -0.2) is 4.98 Å². The van der Waals surface area contributed by atoms with Gasteiger partial charge < -0.3 is 5.73 Å². The van der Waals surface area contributed by atoms with Crippen molar-refractivity contribution in [2.24, 2.45) is 0 Å². The maximum atomic E-state index is 5.71. The van der Waals surface area contributed by atoms with E-state index in [0.29, 0.717) is 5.82 Å². The summed E-state index contributed by atoms with van der Waals surface area (Å²) in [6.45, 7) is 1.96. The van der Waals surface area contributed by atoms with Crippen molar-refractivity contribution in [3.63, 3.8) is 0 Å². The number of hydrogen-bond acceptors (Lipinski definition) is 3.